The third kappa shape index (κ3) is 1.08. The van der Waals surface area contributed by atoms with Crippen LogP contribution in [0.3, 0.4) is 0 Å². The Morgan fingerprint density at radius 1 is 1.58 bits per heavy atom. The van der Waals surface area contributed by atoms with Crippen LogP contribution in [0.1, 0.15) is 12.5 Å². The number of halogens is 1. The van der Waals surface area contributed by atoms with Crippen LogP contribution in [-0.4, -0.2) is 11.7 Å². The van der Waals surface area contributed by atoms with Gasteiger partial charge in [0.25, 0.3) is 0 Å². The molecule has 1 aromatic rings. The highest BCUT2D eigenvalue weighted by Crippen LogP contribution is 2.37. The summed E-state index contributed by atoms with van der Waals surface area (Å²) < 4.78 is 5.26. The molecule has 0 saturated carbocycles. The highest BCUT2D eigenvalue weighted by Gasteiger charge is 2.33. The van der Waals surface area contributed by atoms with Crippen LogP contribution in [0.2, 0.25) is 5.02 Å². The molecule has 0 aliphatic carbocycles. The molecular formula is C9H9ClO2. The first-order chi connectivity index (χ1) is 5.59. The highest BCUT2D eigenvalue weighted by molar-refractivity contribution is 6.30. The predicted octanol–water partition coefficient (Wildman–Crippen LogP) is 1.94. The number of fused-ring (bicyclic) bond motifs is 1. The summed E-state index contributed by atoms with van der Waals surface area (Å²) in [5, 5.41) is 10.4. The molecule has 64 valence electrons. The maximum atomic E-state index is 9.79. The maximum Gasteiger partial charge on any atom is 0.125 e. The summed E-state index contributed by atoms with van der Waals surface area (Å²) in [6.07, 6.45) is 0. The van der Waals surface area contributed by atoms with Gasteiger partial charge < -0.3 is 9.84 Å². The lowest BCUT2D eigenvalue weighted by Crippen LogP contribution is -2.22. The summed E-state index contributed by atoms with van der Waals surface area (Å²) in [6, 6.07) is 5.27. The molecule has 1 atom stereocenters. The third-order valence-corrected chi connectivity index (χ3v) is 2.27. The molecule has 1 aliphatic heterocycles. The quantitative estimate of drug-likeness (QED) is 0.668. The van der Waals surface area contributed by atoms with Crippen molar-refractivity contribution in [2.75, 3.05) is 6.61 Å². The van der Waals surface area contributed by atoms with E-state index in [-0.39, 0.29) is 0 Å². The highest BCUT2D eigenvalue weighted by atomic mass is 35.5. The first-order valence-corrected chi connectivity index (χ1v) is 4.12. The van der Waals surface area contributed by atoms with Crippen molar-refractivity contribution in [2.45, 2.75) is 12.5 Å². The van der Waals surface area contributed by atoms with Gasteiger partial charge in [-0.3, -0.25) is 0 Å². The Bertz CT molecular complexity index is 320. The van der Waals surface area contributed by atoms with Gasteiger partial charge in [0.1, 0.15) is 18.0 Å². The van der Waals surface area contributed by atoms with Crippen LogP contribution in [0.25, 0.3) is 0 Å². The van der Waals surface area contributed by atoms with E-state index in [0.717, 1.165) is 11.3 Å². The summed E-state index contributed by atoms with van der Waals surface area (Å²) in [5.41, 5.74) is -0.116. The fourth-order valence-electron chi connectivity index (χ4n) is 1.34. The number of ether oxygens (including phenoxy) is 1. The van der Waals surface area contributed by atoms with Crippen LogP contribution in [0, 0.1) is 0 Å². The molecule has 0 radical (unpaired) electrons. The molecule has 2 nitrogen and oxygen atoms in total. The summed E-state index contributed by atoms with van der Waals surface area (Å²) in [7, 11) is 0. The molecule has 0 aromatic heterocycles. The summed E-state index contributed by atoms with van der Waals surface area (Å²) >= 11 is 5.78. The summed E-state index contributed by atoms with van der Waals surface area (Å²) in [6.45, 7) is 2.03. The van der Waals surface area contributed by atoms with Crippen molar-refractivity contribution in [3.8, 4) is 5.75 Å². The lowest BCUT2D eigenvalue weighted by molar-refractivity contribution is 0.0349. The minimum absolute atomic E-state index is 0.308. The van der Waals surface area contributed by atoms with Gasteiger partial charge in [0.2, 0.25) is 0 Å². The SMILES string of the molecule is CC1(O)COc2ccc(Cl)cc21. The number of aliphatic hydroxyl groups is 1. The summed E-state index contributed by atoms with van der Waals surface area (Å²) in [5.74, 6) is 0.726. The molecule has 1 N–H and O–H groups in total. The Morgan fingerprint density at radius 2 is 2.33 bits per heavy atom. The van der Waals surface area contributed by atoms with Crippen molar-refractivity contribution in [3.63, 3.8) is 0 Å². The van der Waals surface area contributed by atoms with Crippen LogP contribution in [0.4, 0.5) is 0 Å². The van der Waals surface area contributed by atoms with Gasteiger partial charge in [-0.05, 0) is 25.1 Å². The summed E-state index contributed by atoms with van der Waals surface area (Å²) in [4.78, 5) is 0. The first kappa shape index (κ1) is 7.90. The van der Waals surface area contributed by atoms with Gasteiger partial charge in [-0.25, -0.2) is 0 Å². The van der Waals surface area contributed by atoms with Crippen LogP contribution < -0.4 is 4.74 Å². The molecule has 1 heterocycles. The molecule has 1 unspecified atom stereocenters. The minimum Gasteiger partial charge on any atom is -0.490 e. The Balaban J connectivity index is 2.57. The van der Waals surface area contributed by atoms with Crippen molar-refractivity contribution in [1.82, 2.24) is 0 Å². The van der Waals surface area contributed by atoms with Crippen LogP contribution in [0.15, 0.2) is 18.2 Å². The smallest absolute Gasteiger partial charge is 0.125 e. The standard InChI is InChI=1S/C9H9ClO2/c1-9(11)5-12-8-3-2-6(10)4-7(8)9/h2-4,11H,5H2,1H3. The second-order valence-corrected chi connectivity index (χ2v) is 3.64. The lowest BCUT2D eigenvalue weighted by Gasteiger charge is -2.13. The zero-order valence-corrected chi connectivity index (χ0v) is 7.43. The Morgan fingerprint density at radius 3 is 3.08 bits per heavy atom. The van der Waals surface area contributed by atoms with Crippen LogP contribution >= 0.6 is 11.6 Å². The third-order valence-electron chi connectivity index (χ3n) is 2.03. The molecular weight excluding hydrogens is 176 g/mol. The Labute approximate surface area is 75.7 Å². The normalized spacial score (nSPS) is 26.6. The zero-order valence-electron chi connectivity index (χ0n) is 6.67. The van der Waals surface area contributed by atoms with Gasteiger partial charge in [-0.15, -0.1) is 0 Å². The van der Waals surface area contributed by atoms with E-state index in [1.807, 2.05) is 0 Å². The van der Waals surface area contributed by atoms with Crippen molar-refractivity contribution < 1.29 is 9.84 Å². The number of hydrogen-bond acceptors (Lipinski definition) is 2. The molecule has 2 rings (SSSR count). The van der Waals surface area contributed by atoms with Crippen molar-refractivity contribution in [3.05, 3.63) is 28.8 Å². The van der Waals surface area contributed by atoms with Gasteiger partial charge in [0.15, 0.2) is 0 Å². The van der Waals surface area contributed by atoms with E-state index in [4.69, 9.17) is 16.3 Å². The van der Waals surface area contributed by atoms with Crippen molar-refractivity contribution >= 4 is 11.6 Å². The Kier molecular flexibility index (Phi) is 1.56. The molecule has 12 heavy (non-hydrogen) atoms. The number of rotatable bonds is 0. The van der Waals surface area contributed by atoms with Gasteiger partial charge in [-0.2, -0.15) is 0 Å². The molecule has 0 fully saturated rings. The Hall–Kier alpha value is -0.730. The van der Waals surface area contributed by atoms with Crippen molar-refractivity contribution in [2.24, 2.45) is 0 Å². The zero-order chi connectivity index (χ0) is 8.77. The van der Waals surface area contributed by atoms with E-state index in [0.29, 0.717) is 11.6 Å². The van der Waals surface area contributed by atoms with E-state index < -0.39 is 5.60 Å². The minimum atomic E-state index is -0.889. The van der Waals surface area contributed by atoms with E-state index in [9.17, 15) is 5.11 Å². The van der Waals surface area contributed by atoms with E-state index in [1.54, 1.807) is 25.1 Å². The average molecular weight is 185 g/mol. The average Bonchev–Trinajstić information content (AvgIpc) is 2.28. The second kappa shape index (κ2) is 2.38. The van der Waals surface area contributed by atoms with E-state index in [2.05, 4.69) is 0 Å². The first-order valence-electron chi connectivity index (χ1n) is 3.75. The maximum absolute atomic E-state index is 9.79. The monoisotopic (exact) mass is 184 g/mol. The molecule has 0 amide bonds. The fourth-order valence-corrected chi connectivity index (χ4v) is 1.52. The topological polar surface area (TPSA) is 29.5 Å². The van der Waals surface area contributed by atoms with Gasteiger partial charge in [0, 0.05) is 10.6 Å². The van der Waals surface area contributed by atoms with Gasteiger partial charge >= 0.3 is 0 Å². The number of hydrogen-bond donors (Lipinski definition) is 1. The van der Waals surface area contributed by atoms with E-state index >= 15 is 0 Å². The van der Waals surface area contributed by atoms with Gasteiger partial charge in [-0.1, -0.05) is 11.6 Å². The predicted molar refractivity (Wildman–Crippen MR) is 46.5 cm³/mol. The van der Waals surface area contributed by atoms with E-state index in [1.165, 1.54) is 0 Å². The lowest BCUT2D eigenvalue weighted by atomic mass is 9.99. The molecule has 1 aromatic carbocycles. The van der Waals surface area contributed by atoms with Gasteiger partial charge in [0.05, 0.1) is 0 Å². The molecule has 0 bridgehead atoms. The number of benzene rings is 1. The van der Waals surface area contributed by atoms with Crippen molar-refractivity contribution in [1.29, 1.82) is 0 Å². The fraction of sp³-hybridized carbons (Fsp3) is 0.333. The molecule has 0 saturated heterocycles. The largest absolute Gasteiger partial charge is 0.490 e. The molecule has 3 heteroatoms. The van der Waals surface area contributed by atoms with Crippen LogP contribution in [0.5, 0.6) is 5.75 Å². The second-order valence-electron chi connectivity index (χ2n) is 3.20. The molecule has 0 spiro atoms. The molecule has 1 aliphatic rings. The van der Waals surface area contributed by atoms with Crippen LogP contribution in [-0.2, 0) is 5.60 Å².